The Morgan fingerprint density at radius 1 is 1.29 bits per heavy atom. The molecule has 1 aromatic rings. The van der Waals surface area contributed by atoms with Crippen LogP contribution in [0.1, 0.15) is 37.9 Å². The molecule has 1 saturated carbocycles. The Bertz CT molecular complexity index is 421. The van der Waals surface area contributed by atoms with Gasteiger partial charge in [-0.25, -0.2) is 0 Å². The van der Waals surface area contributed by atoms with Gasteiger partial charge in [-0.3, -0.25) is 4.99 Å². The number of guanidine groups is 1. The van der Waals surface area contributed by atoms with E-state index >= 15 is 0 Å². The van der Waals surface area contributed by atoms with Gasteiger partial charge in [0.1, 0.15) is 0 Å². The Labute approximate surface area is 144 Å². The highest BCUT2D eigenvalue weighted by Gasteiger charge is 2.20. The second kappa shape index (κ2) is 10.00. The van der Waals surface area contributed by atoms with Gasteiger partial charge in [0.15, 0.2) is 5.96 Å². The van der Waals surface area contributed by atoms with Crippen LogP contribution in [0.15, 0.2) is 35.3 Å². The summed E-state index contributed by atoms with van der Waals surface area (Å²) in [4.78, 5) is 4.56. The molecule has 1 fully saturated rings. The number of aliphatic hydroxyl groups excluding tert-OH is 1. The molecule has 21 heavy (non-hydrogen) atoms. The minimum atomic E-state index is -0.421. The van der Waals surface area contributed by atoms with Crippen molar-refractivity contribution in [3.05, 3.63) is 35.9 Å². The van der Waals surface area contributed by atoms with Gasteiger partial charge >= 0.3 is 0 Å². The molecule has 4 nitrogen and oxygen atoms in total. The number of nitrogens with zero attached hydrogens (tertiary/aromatic N) is 1. The van der Waals surface area contributed by atoms with Crippen molar-refractivity contribution < 1.29 is 5.11 Å². The summed E-state index contributed by atoms with van der Waals surface area (Å²) < 4.78 is 0. The molecule has 0 heterocycles. The zero-order chi connectivity index (χ0) is 14.2. The maximum Gasteiger partial charge on any atom is 0.191 e. The Kier molecular flexibility index (Phi) is 8.68. The molecule has 2 rings (SSSR count). The zero-order valence-corrected chi connectivity index (χ0v) is 14.9. The molecular weight excluding hydrogens is 377 g/mol. The van der Waals surface area contributed by atoms with Crippen LogP contribution in [0.3, 0.4) is 0 Å². The summed E-state index contributed by atoms with van der Waals surface area (Å²) in [6.45, 7) is 4.55. The van der Waals surface area contributed by atoms with E-state index in [-0.39, 0.29) is 24.0 Å². The first-order valence-electron chi connectivity index (χ1n) is 7.54. The van der Waals surface area contributed by atoms with Gasteiger partial charge in [-0.1, -0.05) is 30.3 Å². The summed E-state index contributed by atoms with van der Waals surface area (Å²) in [5, 5.41) is 16.6. The van der Waals surface area contributed by atoms with Crippen LogP contribution < -0.4 is 10.6 Å². The lowest BCUT2D eigenvalue weighted by atomic mass is 10.1. The van der Waals surface area contributed by atoms with Gasteiger partial charge in [0.25, 0.3) is 0 Å². The summed E-state index contributed by atoms with van der Waals surface area (Å²) in [6, 6.07) is 9.77. The van der Waals surface area contributed by atoms with E-state index in [9.17, 15) is 5.11 Å². The van der Waals surface area contributed by atoms with Crippen LogP contribution in [-0.4, -0.2) is 30.7 Å². The van der Waals surface area contributed by atoms with Crippen molar-refractivity contribution >= 4 is 29.9 Å². The topological polar surface area (TPSA) is 56.7 Å². The van der Waals surface area contributed by atoms with E-state index in [4.69, 9.17) is 0 Å². The molecule has 1 aliphatic carbocycles. The highest BCUT2D eigenvalue weighted by atomic mass is 127. The number of aliphatic hydroxyl groups is 1. The molecule has 0 spiro atoms. The highest BCUT2D eigenvalue weighted by molar-refractivity contribution is 14.0. The van der Waals surface area contributed by atoms with E-state index in [1.54, 1.807) is 0 Å². The maximum atomic E-state index is 10.1. The molecule has 0 amide bonds. The van der Waals surface area contributed by atoms with Gasteiger partial charge in [-0.15, -0.1) is 24.0 Å². The fourth-order valence-corrected chi connectivity index (χ4v) is 2.03. The number of rotatable bonds is 7. The maximum absolute atomic E-state index is 10.1. The smallest absolute Gasteiger partial charge is 0.191 e. The van der Waals surface area contributed by atoms with E-state index in [2.05, 4.69) is 22.5 Å². The quantitative estimate of drug-likeness (QED) is 0.373. The first kappa shape index (κ1) is 18.2. The lowest BCUT2D eigenvalue weighted by Gasteiger charge is -2.14. The lowest BCUT2D eigenvalue weighted by Crippen LogP contribution is -2.38. The van der Waals surface area contributed by atoms with Crippen molar-refractivity contribution in [1.29, 1.82) is 0 Å². The summed E-state index contributed by atoms with van der Waals surface area (Å²) in [7, 11) is 0. The Balaban J connectivity index is 0.00000220. The normalized spacial score (nSPS) is 16.0. The monoisotopic (exact) mass is 403 g/mol. The van der Waals surface area contributed by atoms with Gasteiger partial charge in [0, 0.05) is 19.6 Å². The van der Waals surface area contributed by atoms with Crippen molar-refractivity contribution in [2.24, 2.45) is 10.9 Å². The van der Waals surface area contributed by atoms with Crippen LogP contribution in [0.4, 0.5) is 0 Å². The van der Waals surface area contributed by atoms with Crippen LogP contribution in [0.2, 0.25) is 0 Å². The van der Waals surface area contributed by atoms with Crippen molar-refractivity contribution in [1.82, 2.24) is 10.6 Å². The standard InChI is InChI=1S/C16H25N3O.HI/c1-2-17-16(19-12-13-8-9-13)18-11-10-15(20)14-6-4-3-5-7-14;/h3-7,13,15,20H,2,8-12H2,1H3,(H2,17,18,19);1H. The fraction of sp³-hybridized carbons (Fsp3) is 0.562. The molecule has 1 atom stereocenters. The van der Waals surface area contributed by atoms with Gasteiger partial charge in [-0.2, -0.15) is 0 Å². The fourth-order valence-electron chi connectivity index (χ4n) is 2.03. The van der Waals surface area contributed by atoms with E-state index in [1.807, 2.05) is 30.3 Å². The SMILES string of the molecule is CCNC(=NCC1CC1)NCCC(O)c1ccccc1.I. The molecule has 1 aliphatic rings. The molecule has 0 bridgehead atoms. The summed E-state index contributed by atoms with van der Waals surface area (Å²) in [5.41, 5.74) is 0.967. The highest BCUT2D eigenvalue weighted by Crippen LogP contribution is 2.28. The number of halogens is 1. The summed E-state index contributed by atoms with van der Waals surface area (Å²) in [5.74, 6) is 1.65. The molecule has 0 saturated heterocycles. The molecule has 1 unspecified atom stereocenters. The van der Waals surface area contributed by atoms with Crippen LogP contribution in [-0.2, 0) is 0 Å². The van der Waals surface area contributed by atoms with Crippen LogP contribution in [0, 0.1) is 5.92 Å². The minimum absolute atomic E-state index is 0. The second-order valence-electron chi connectivity index (χ2n) is 5.30. The molecule has 1 aromatic carbocycles. The molecule has 3 N–H and O–H groups in total. The number of nitrogens with one attached hydrogen (secondary N) is 2. The predicted octanol–water partition coefficient (Wildman–Crippen LogP) is 2.69. The van der Waals surface area contributed by atoms with E-state index < -0.39 is 6.10 Å². The van der Waals surface area contributed by atoms with E-state index in [0.29, 0.717) is 13.0 Å². The Morgan fingerprint density at radius 2 is 2.00 bits per heavy atom. The first-order valence-corrected chi connectivity index (χ1v) is 7.54. The number of hydrogen-bond acceptors (Lipinski definition) is 2. The van der Waals surface area contributed by atoms with E-state index in [1.165, 1.54) is 12.8 Å². The third kappa shape index (κ3) is 7.13. The van der Waals surface area contributed by atoms with Gasteiger partial charge < -0.3 is 15.7 Å². The minimum Gasteiger partial charge on any atom is -0.388 e. The lowest BCUT2D eigenvalue weighted by molar-refractivity contribution is 0.168. The van der Waals surface area contributed by atoms with Crippen LogP contribution in [0.25, 0.3) is 0 Å². The van der Waals surface area contributed by atoms with Crippen LogP contribution in [0.5, 0.6) is 0 Å². The molecule has 0 radical (unpaired) electrons. The first-order chi connectivity index (χ1) is 9.79. The molecule has 5 heteroatoms. The van der Waals surface area contributed by atoms with Crippen LogP contribution >= 0.6 is 24.0 Å². The molecular formula is C16H26IN3O. The number of aliphatic imine (C=N–C) groups is 1. The van der Waals surface area contributed by atoms with Crippen molar-refractivity contribution in [2.45, 2.75) is 32.3 Å². The largest absolute Gasteiger partial charge is 0.388 e. The van der Waals surface area contributed by atoms with Crippen molar-refractivity contribution in [3.63, 3.8) is 0 Å². The Morgan fingerprint density at radius 3 is 2.62 bits per heavy atom. The number of benzene rings is 1. The molecule has 0 aliphatic heterocycles. The van der Waals surface area contributed by atoms with Gasteiger partial charge in [0.05, 0.1) is 6.10 Å². The van der Waals surface area contributed by atoms with Crippen molar-refractivity contribution in [3.8, 4) is 0 Å². The molecule has 0 aromatic heterocycles. The Hall–Kier alpha value is -0.820. The summed E-state index contributed by atoms with van der Waals surface area (Å²) >= 11 is 0. The molecule has 118 valence electrons. The second-order valence-corrected chi connectivity index (χ2v) is 5.30. The third-order valence-corrected chi connectivity index (χ3v) is 3.44. The van der Waals surface area contributed by atoms with E-state index in [0.717, 1.165) is 30.5 Å². The van der Waals surface area contributed by atoms with Gasteiger partial charge in [0.2, 0.25) is 0 Å². The van der Waals surface area contributed by atoms with Crippen molar-refractivity contribution in [2.75, 3.05) is 19.6 Å². The van der Waals surface area contributed by atoms with Gasteiger partial charge in [-0.05, 0) is 37.7 Å². The predicted molar refractivity (Wildman–Crippen MR) is 98.1 cm³/mol. The number of hydrogen-bond donors (Lipinski definition) is 3. The zero-order valence-electron chi connectivity index (χ0n) is 12.6. The third-order valence-electron chi connectivity index (χ3n) is 3.44. The summed E-state index contributed by atoms with van der Waals surface area (Å²) in [6.07, 6.45) is 2.89. The average Bonchev–Trinajstić information content (AvgIpc) is 3.30. The average molecular weight is 403 g/mol.